The molecular weight excluding hydrogens is 182 g/mol. The van der Waals surface area contributed by atoms with Crippen molar-refractivity contribution in [1.82, 2.24) is 5.32 Å². The molecule has 0 aliphatic heterocycles. The van der Waals surface area contributed by atoms with Crippen molar-refractivity contribution in [2.75, 3.05) is 7.05 Å². The minimum atomic E-state index is 0.524. The SMILES string of the molecule is CNC(C)Cc1cccc2ccccc12. The molecule has 15 heavy (non-hydrogen) atoms. The van der Waals surface area contributed by atoms with Crippen LogP contribution >= 0.6 is 0 Å². The van der Waals surface area contributed by atoms with Crippen molar-refractivity contribution in [3.8, 4) is 0 Å². The van der Waals surface area contributed by atoms with Crippen molar-refractivity contribution < 1.29 is 0 Å². The van der Waals surface area contributed by atoms with E-state index in [9.17, 15) is 0 Å². The predicted molar refractivity (Wildman–Crippen MR) is 66.2 cm³/mol. The largest absolute Gasteiger partial charge is 0.317 e. The van der Waals surface area contributed by atoms with Crippen LogP contribution in [0.4, 0.5) is 0 Å². The lowest BCUT2D eigenvalue weighted by Gasteiger charge is -2.12. The van der Waals surface area contributed by atoms with Crippen LogP contribution in [-0.4, -0.2) is 13.1 Å². The Balaban J connectivity index is 2.42. The van der Waals surface area contributed by atoms with Crippen LogP contribution in [0.2, 0.25) is 0 Å². The molecule has 0 aliphatic rings. The van der Waals surface area contributed by atoms with Crippen LogP contribution in [0.3, 0.4) is 0 Å². The highest BCUT2D eigenvalue weighted by molar-refractivity contribution is 5.85. The van der Waals surface area contributed by atoms with Gasteiger partial charge in [-0.3, -0.25) is 0 Å². The predicted octanol–water partition coefficient (Wildman–Crippen LogP) is 2.99. The van der Waals surface area contributed by atoms with E-state index in [1.165, 1.54) is 16.3 Å². The molecule has 0 aromatic heterocycles. The molecule has 78 valence electrons. The quantitative estimate of drug-likeness (QED) is 0.801. The fourth-order valence-electron chi connectivity index (χ4n) is 1.90. The van der Waals surface area contributed by atoms with Crippen LogP contribution in [0.5, 0.6) is 0 Å². The van der Waals surface area contributed by atoms with Crippen molar-refractivity contribution >= 4 is 10.8 Å². The molecule has 0 amide bonds. The summed E-state index contributed by atoms with van der Waals surface area (Å²) >= 11 is 0. The standard InChI is InChI=1S/C14H17N/c1-11(15-2)10-13-8-5-7-12-6-3-4-9-14(12)13/h3-9,11,15H,10H2,1-2H3. The topological polar surface area (TPSA) is 12.0 Å². The summed E-state index contributed by atoms with van der Waals surface area (Å²) in [6.07, 6.45) is 1.08. The van der Waals surface area contributed by atoms with Gasteiger partial charge in [-0.15, -0.1) is 0 Å². The summed E-state index contributed by atoms with van der Waals surface area (Å²) in [5.41, 5.74) is 1.43. The summed E-state index contributed by atoms with van der Waals surface area (Å²) < 4.78 is 0. The van der Waals surface area contributed by atoms with Crippen LogP contribution in [0, 0.1) is 0 Å². The molecule has 0 aliphatic carbocycles. The highest BCUT2D eigenvalue weighted by Crippen LogP contribution is 2.19. The Labute approximate surface area is 91.1 Å². The van der Waals surface area contributed by atoms with E-state index in [1.807, 2.05) is 7.05 Å². The summed E-state index contributed by atoms with van der Waals surface area (Å²) in [6, 6.07) is 15.6. The Morgan fingerprint density at radius 3 is 2.60 bits per heavy atom. The molecule has 2 aromatic rings. The fraction of sp³-hybridized carbons (Fsp3) is 0.286. The van der Waals surface area contributed by atoms with Gasteiger partial charge < -0.3 is 5.32 Å². The molecule has 0 fully saturated rings. The van der Waals surface area contributed by atoms with E-state index in [0.717, 1.165) is 6.42 Å². The first-order valence-corrected chi connectivity index (χ1v) is 5.45. The third kappa shape index (κ3) is 2.18. The number of hydrogen-bond acceptors (Lipinski definition) is 1. The second-order valence-corrected chi connectivity index (χ2v) is 4.03. The Hall–Kier alpha value is -1.34. The lowest BCUT2D eigenvalue weighted by atomic mass is 9.99. The van der Waals surface area contributed by atoms with Gasteiger partial charge in [0.25, 0.3) is 0 Å². The van der Waals surface area contributed by atoms with E-state index in [1.54, 1.807) is 0 Å². The average Bonchev–Trinajstić information content (AvgIpc) is 2.29. The summed E-state index contributed by atoms with van der Waals surface area (Å²) in [5.74, 6) is 0. The average molecular weight is 199 g/mol. The molecule has 1 unspecified atom stereocenters. The maximum atomic E-state index is 3.28. The zero-order chi connectivity index (χ0) is 10.7. The van der Waals surface area contributed by atoms with Gasteiger partial charge in [-0.05, 0) is 36.7 Å². The van der Waals surface area contributed by atoms with E-state index >= 15 is 0 Å². The highest BCUT2D eigenvalue weighted by atomic mass is 14.8. The van der Waals surface area contributed by atoms with Gasteiger partial charge in [0, 0.05) is 6.04 Å². The molecule has 0 bridgehead atoms. The Bertz CT molecular complexity index is 443. The maximum Gasteiger partial charge on any atom is 0.00763 e. The third-order valence-electron chi connectivity index (χ3n) is 2.90. The number of rotatable bonds is 3. The van der Waals surface area contributed by atoms with Gasteiger partial charge in [-0.25, -0.2) is 0 Å². The van der Waals surface area contributed by atoms with Gasteiger partial charge in [-0.1, -0.05) is 42.5 Å². The molecule has 2 rings (SSSR count). The van der Waals surface area contributed by atoms with Crippen molar-refractivity contribution in [2.45, 2.75) is 19.4 Å². The first-order chi connectivity index (χ1) is 7.31. The smallest absolute Gasteiger partial charge is 0.00763 e. The van der Waals surface area contributed by atoms with Crippen LogP contribution < -0.4 is 5.32 Å². The lowest BCUT2D eigenvalue weighted by Crippen LogP contribution is -2.23. The number of benzene rings is 2. The van der Waals surface area contributed by atoms with Crippen LogP contribution in [0.25, 0.3) is 10.8 Å². The Kier molecular flexibility index (Phi) is 3.02. The second-order valence-electron chi connectivity index (χ2n) is 4.03. The van der Waals surface area contributed by atoms with Crippen molar-refractivity contribution in [1.29, 1.82) is 0 Å². The van der Waals surface area contributed by atoms with Gasteiger partial charge in [0.05, 0.1) is 0 Å². The van der Waals surface area contributed by atoms with Gasteiger partial charge in [0.1, 0.15) is 0 Å². The summed E-state index contributed by atoms with van der Waals surface area (Å²) in [4.78, 5) is 0. The van der Waals surface area contributed by atoms with E-state index in [4.69, 9.17) is 0 Å². The van der Waals surface area contributed by atoms with Crippen LogP contribution in [0.1, 0.15) is 12.5 Å². The van der Waals surface area contributed by atoms with Gasteiger partial charge >= 0.3 is 0 Å². The maximum absolute atomic E-state index is 3.28. The zero-order valence-electron chi connectivity index (χ0n) is 9.33. The summed E-state index contributed by atoms with van der Waals surface area (Å²) in [6.45, 7) is 2.21. The summed E-state index contributed by atoms with van der Waals surface area (Å²) in [5, 5.41) is 5.99. The fourth-order valence-corrected chi connectivity index (χ4v) is 1.90. The molecule has 0 heterocycles. The highest BCUT2D eigenvalue weighted by Gasteiger charge is 2.03. The van der Waals surface area contributed by atoms with E-state index in [2.05, 4.69) is 54.7 Å². The third-order valence-corrected chi connectivity index (χ3v) is 2.90. The van der Waals surface area contributed by atoms with Gasteiger partial charge in [0.15, 0.2) is 0 Å². The van der Waals surface area contributed by atoms with Crippen molar-refractivity contribution in [2.24, 2.45) is 0 Å². The zero-order valence-corrected chi connectivity index (χ0v) is 9.33. The lowest BCUT2D eigenvalue weighted by molar-refractivity contribution is 0.610. The molecule has 0 spiro atoms. The molecule has 1 N–H and O–H groups in total. The van der Waals surface area contributed by atoms with Gasteiger partial charge in [-0.2, -0.15) is 0 Å². The van der Waals surface area contributed by atoms with Crippen molar-refractivity contribution in [3.63, 3.8) is 0 Å². The van der Waals surface area contributed by atoms with Crippen LogP contribution in [0.15, 0.2) is 42.5 Å². The minimum absolute atomic E-state index is 0.524. The molecule has 1 atom stereocenters. The first-order valence-electron chi connectivity index (χ1n) is 5.45. The number of likely N-dealkylation sites (N-methyl/N-ethyl adjacent to an activating group) is 1. The molecule has 1 heteroatoms. The summed E-state index contributed by atoms with van der Waals surface area (Å²) in [7, 11) is 2.01. The molecule has 2 aromatic carbocycles. The van der Waals surface area contributed by atoms with E-state index < -0.39 is 0 Å². The molecule has 0 saturated heterocycles. The minimum Gasteiger partial charge on any atom is -0.317 e. The van der Waals surface area contributed by atoms with E-state index in [-0.39, 0.29) is 0 Å². The Morgan fingerprint density at radius 2 is 1.80 bits per heavy atom. The van der Waals surface area contributed by atoms with Crippen molar-refractivity contribution in [3.05, 3.63) is 48.0 Å². The number of fused-ring (bicyclic) bond motifs is 1. The number of hydrogen-bond donors (Lipinski definition) is 1. The molecule has 0 saturated carbocycles. The first kappa shape index (κ1) is 10.2. The monoisotopic (exact) mass is 199 g/mol. The van der Waals surface area contributed by atoms with Gasteiger partial charge in [0.2, 0.25) is 0 Å². The Morgan fingerprint density at radius 1 is 1.07 bits per heavy atom. The molecule has 1 nitrogen and oxygen atoms in total. The van der Waals surface area contributed by atoms with E-state index in [0.29, 0.717) is 6.04 Å². The van der Waals surface area contributed by atoms with Crippen LogP contribution in [-0.2, 0) is 6.42 Å². The molecular formula is C14H17N. The molecule has 0 radical (unpaired) electrons. The number of nitrogens with one attached hydrogen (secondary N) is 1. The second kappa shape index (κ2) is 4.45. The normalized spacial score (nSPS) is 12.9.